The Hall–Kier alpha value is -0.650. The van der Waals surface area contributed by atoms with Crippen molar-refractivity contribution in [3.8, 4) is 0 Å². The summed E-state index contributed by atoms with van der Waals surface area (Å²) in [5.74, 6) is -0.764. The van der Waals surface area contributed by atoms with E-state index in [0.29, 0.717) is 25.2 Å². The molecule has 1 fully saturated rings. The second kappa shape index (κ2) is 6.93. The van der Waals surface area contributed by atoms with Crippen LogP contribution in [-0.2, 0) is 9.53 Å². The predicted octanol–water partition coefficient (Wildman–Crippen LogP) is 0.548. The first-order chi connectivity index (χ1) is 8.04. The third kappa shape index (κ3) is 5.48. The molecule has 100 valence electrons. The van der Waals surface area contributed by atoms with Crippen molar-refractivity contribution in [3.05, 3.63) is 0 Å². The summed E-state index contributed by atoms with van der Waals surface area (Å²) in [6.07, 6.45) is 2.20. The van der Waals surface area contributed by atoms with Gasteiger partial charge in [0.15, 0.2) is 0 Å². The number of ether oxygens (including phenoxy) is 1. The third-order valence-corrected chi connectivity index (χ3v) is 3.04. The molecule has 0 aromatic carbocycles. The van der Waals surface area contributed by atoms with Crippen molar-refractivity contribution in [1.82, 2.24) is 10.2 Å². The summed E-state index contributed by atoms with van der Waals surface area (Å²) >= 11 is 0. The van der Waals surface area contributed by atoms with E-state index in [4.69, 9.17) is 4.74 Å². The maximum absolute atomic E-state index is 11.2. The number of aliphatic carboxylic acids is 1. The number of hydrogen-bond acceptors (Lipinski definition) is 4. The molecule has 1 aliphatic rings. The molecular weight excluding hydrogens is 220 g/mol. The summed E-state index contributed by atoms with van der Waals surface area (Å²) in [4.78, 5) is 13.3. The lowest BCUT2D eigenvalue weighted by Crippen LogP contribution is -2.49. The van der Waals surface area contributed by atoms with Crippen LogP contribution in [0.1, 0.15) is 26.7 Å². The Morgan fingerprint density at radius 3 is 2.59 bits per heavy atom. The van der Waals surface area contributed by atoms with Gasteiger partial charge in [0.05, 0.1) is 6.61 Å². The number of carbonyl (C=O) groups is 1. The zero-order valence-electron chi connectivity index (χ0n) is 11.0. The fourth-order valence-corrected chi connectivity index (χ4v) is 1.74. The highest BCUT2D eigenvalue weighted by Crippen LogP contribution is 2.19. The second-order valence-corrected chi connectivity index (χ2v) is 4.91. The zero-order chi connectivity index (χ0) is 12.8. The molecule has 5 heteroatoms. The van der Waals surface area contributed by atoms with Gasteiger partial charge in [0.1, 0.15) is 6.04 Å². The number of nitrogens with one attached hydrogen (secondary N) is 1. The summed E-state index contributed by atoms with van der Waals surface area (Å²) in [7, 11) is 1.66. The normalized spacial score (nSPS) is 17.7. The number of hydrogen-bond donors (Lipinski definition) is 2. The maximum atomic E-state index is 11.2. The lowest BCUT2D eigenvalue weighted by molar-refractivity contribution is -0.140. The Kier molecular flexibility index (Phi) is 5.88. The quantitative estimate of drug-likeness (QED) is 0.620. The van der Waals surface area contributed by atoms with Gasteiger partial charge in [0.2, 0.25) is 0 Å². The summed E-state index contributed by atoms with van der Waals surface area (Å²) < 4.78 is 5.05. The van der Waals surface area contributed by atoms with Crippen molar-refractivity contribution in [2.24, 2.45) is 0 Å². The summed E-state index contributed by atoms with van der Waals surface area (Å²) in [5.41, 5.74) is 0. The second-order valence-electron chi connectivity index (χ2n) is 4.91. The van der Waals surface area contributed by atoms with E-state index in [1.165, 1.54) is 0 Å². The Labute approximate surface area is 103 Å². The van der Waals surface area contributed by atoms with Gasteiger partial charge in [-0.15, -0.1) is 0 Å². The molecule has 1 aliphatic carbocycles. The van der Waals surface area contributed by atoms with Crippen LogP contribution in [0.2, 0.25) is 0 Å². The van der Waals surface area contributed by atoms with Crippen LogP contribution in [0.15, 0.2) is 0 Å². The molecule has 0 saturated heterocycles. The SMILES string of the molecule is COCCN(CC(NC1CC1)C(=O)O)C(C)C. The van der Waals surface area contributed by atoms with Gasteiger partial charge in [-0.1, -0.05) is 0 Å². The number of methoxy groups -OCH3 is 1. The van der Waals surface area contributed by atoms with Gasteiger partial charge in [-0.3, -0.25) is 9.69 Å². The molecule has 2 N–H and O–H groups in total. The Morgan fingerprint density at radius 2 is 2.18 bits per heavy atom. The highest BCUT2D eigenvalue weighted by atomic mass is 16.5. The highest BCUT2D eigenvalue weighted by Gasteiger charge is 2.29. The molecular formula is C12H24N2O3. The van der Waals surface area contributed by atoms with E-state index in [1.54, 1.807) is 7.11 Å². The maximum Gasteiger partial charge on any atom is 0.322 e. The number of carboxylic acids is 1. The molecule has 17 heavy (non-hydrogen) atoms. The van der Waals surface area contributed by atoms with Gasteiger partial charge in [-0.2, -0.15) is 0 Å². The van der Waals surface area contributed by atoms with Crippen LogP contribution >= 0.6 is 0 Å². The van der Waals surface area contributed by atoms with E-state index < -0.39 is 12.0 Å². The summed E-state index contributed by atoms with van der Waals surface area (Å²) in [6, 6.07) is 0.266. The first-order valence-electron chi connectivity index (χ1n) is 6.26. The van der Waals surface area contributed by atoms with Crippen molar-refractivity contribution < 1.29 is 14.6 Å². The number of rotatable bonds is 9. The lowest BCUT2D eigenvalue weighted by Gasteiger charge is -2.29. The first kappa shape index (κ1) is 14.4. The molecule has 0 aromatic rings. The van der Waals surface area contributed by atoms with E-state index in [-0.39, 0.29) is 0 Å². The zero-order valence-corrected chi connectivity index (χ0v) is 11.0. The van der Waals surface area contributed by atoms with E-state index in [0.717, 1.165) is 19.4 Å². The van der Waals surface area contributed by atoms with Gasteiger partial charge in [0.25, 0.3) is 0 Å². The fraction of sp³-hybridized carbons (Fsp3) is 0.917. The monoisotopic (exact) mass is 244 g/mol. The lowest BCUT2D eigenvalue weighted by atomic mass is 10.2. The molecule has 5 nitrogen and oxygen atoms in total. The summed E-state index contributed by atoms with van der Waals surface area (Å²) in [6.45, 7) is 6.09. The van der Waals surface area contributed by atoms with E-state index in [1.807, 2.05) is 0 Å². The topological polar surface area (TPSA) is 61.8 Å². The van der Waals surface area contributed by atoms with E-state index in [9.17, 15) is 9.90 Å². The molecule has 0 heterocycles. The molecule has 1 unspecified atom stereocenters. The van der Waals surface area contributed by atoms with E-state index in [2.05, 4.69) is 24.1 Å². The van der Waals surface area contributed by atoms with Crippen molar-refractivity contribution in [2.45, 2.75) is 44.8 Å². The minimum atomic E-state index is -0.764. The molecule has 0 bridgehead atoms. The standard InChI is InChI=1S/C12H24N2O3/c1-9(2)14(6-7-17-3)8-11(12(15)16)13-10-4-5-10/h9-11,13H,4-8H2,1-3H3,(H,15,16). The first-order valence-corrected chi connectivity index (χ1v) is 6.26. The minimum absolute atomic E-state index is 0.327. The van der Waals surface area contributed by atoms with Crippen LogP contribution in [-0.4, -0.2) is 60.9 Å². The van der Waals surface area contributed by atoms with Crippen molar-refractivity contribution in [3.63, 3.8) is 0 Å². The predicted molar refractivity (Wildman–Crippen MR) is 66.2 cm³/mol. The minimum Gasteiger partial charge on any atom is -0.480 e. The van der Waals surface area contributed by atoms with Crippen LogP contribution < -0.4 is 5.32 Å². The van der Waals surface area contributed by atoms with Crippen LogP contribution in [0, 0.1) is 0 Å². The molecule has 0 amide bonds. The van der Waals surface area contributed by atoms with Crippen LogP contribution in [0.5, 0.6) is 0 Å². The molecule has 0 radical (unpaired) electrons. The average molecular weight is 244 g/mol. The molecule has 1 atom stereocenters. The van der Waals surface area contributed by atoms with Gasteiger partial charge >= 0.3 is 5.97 Å². The third-order valence-electron chi connectivity index (χ3n) is 3.04. The summed E-state index contributed by atoms with van der Waals surface area (Å²) in [5, 5.41) is 12.4. The molecule has 1 rings (SSSR count). The van der Waals surface area contributed by atoms with E-state index >= 15 is 0 Å². The molecule has 0 aromatic heterocycles. The highest BCUT2D eigenvalue weighted by molar-refractivity contribution is 5.73. The number of nitrogens with zero attached hydrogens (tertiary/aromatic N) is 1. The van der Waals surface area contributed by atoms with Crippen LogP contribution in [0.3, 0.4) is 0 Å². The van der Waals surface area contributed by atoms with Crippen LogP contribution in [0.4, 0.5) is 0 Å². The Balaban J connectivity index is 2.44. The Morgan fingerprint density at radius 1 is 1.53 bits per heavy atom. The van der Waals surface area contributed by atoms with Gasteiger partial charge in [0, 0.05) is 32.3 Å². The van der Waals surface area contributed by atoms with Crippen molar-refractivity contribution >= 4 is 5.97 Å². The van der Waals surface area contributed by atoms with Gasteiger partial charge in [-0.05, 0) is 26.7 Å². The molecule has 1 saturated carbocycles. The number of carboxylic acid groups (broad SMARTS) is 1. The Bertz CT molecular complexity index is 242. The fourth-order valence-electron chi connectivity index (χ4n) is 1.74. The smallest absolute Gasteiger partial charge is 0.322 e. The van der Waals surface area contributed by atoms with Gasteiger partial charge < -0.3 is 15.2 Å². The molecule has 0 spiro atoms. The van der Waals surface area contributed by atoms with Gasteiger partial charge in [-0.25, -0.2) is 0 Å². The largest absolute Gasteiger partial charge is 0.480 e. The van der Waals surface area contributed by atoms with Crippen LogP contribution in [0.25, 0.3) is 0 Å². The average Bonchev–Trinajstić information content (AvgIpc) is 3.05. The van der Waals surface area contributed by atoms with Crippen molar-refractivity contribution in [2.75, 3.05) is 26.8 Å². The molecule has 0 aliphatic heterocycles. The van der Waals surface area contributed by atoms with Crippen molar-refractivity contribution in [1.29, 1.82) is 0 Å².